The van der Waals surface area contributed by atoms with Gasteiger partial charge in [0.1, 0.15) is 11.3 Å². The van der Waals surface area contributed by atoms with Gasteiger partial charge in [-0.3, -0.25) is 0 Å². The Bertz CT molecular complexity index is 495. The third-order valence-electron chi connectivity index (χ3n) is 2.46. The number of carbonyl (C=O) groups is 1. The van der Waals surface area contributed by atoms with E-state index in [1.807, 2.05) is 18.7 Å². The molecule has 102 valence electrons. The Kier molecular flexibility index (Phi) is 6.15. The van der Waals surface area contributed by atoms with E-state index in [9.17, 15) is 4.79 Å². The molecule has 0 atom stereocenters. The number of aromatic hydroxyl groups is 1. The van der Waals surface area contributed by atoms with Crippen LogP contribution in [0, 0.1) is 0 Å². The van der Waals surface area contributed by atoms with Crippen molar-refractivity contribution in [2.45, 2.75) is 26.3 Å². The van der Waals surface area contributed by atoms with Gasteiger partial charge in [-0.1, -0.05) is 25.5 Å². The van der Waals surface area contributed by atoms with Crippen molar-refractivity contribution in [1.29, 1.82) is 0 Å². The molecule has 1 heterocycles. The van der Waals surface area contributed by atoms with Crippen LogP contribution in [0.3, 0.4) is 0 Å². The number of hydrogen-bond donors (Lipinski definition) is 2. The smallest absolute Gasteiger partial charge is 0.339 e. The van der Waals surface area contributed by atoms with Gasteiger partial charge < -0.3 is 14.8 Å². The van der Waals surface area contributed by atoms with Crippen LogP contribution < -0.4 is 0 Å². The van der Waals surface area contributed by atoms with Crippen LogP contribution in [-0.2, 0) is 6.54 Å². The molecule has 0 unspecified atom stereocenters. The molecule has 2 N–H and O–H groups in total. The minimum atomic E-state index is -1.11. The maximum Gasteiger partial charge on any atom is 0.339 e. The van der Waals surface area contributed by atoms with Crippen LogP contribution >= 0.6 is 0 Å². The number of para-hydroxylation sites is 1. The van der Waals surface area contributed by atoms with Gasteiger partial charge in [-0.15, -0.1) is 0 Å². The lowest BCUT2D eigenvalue weighted by Gasteiger charge is -1.96. The van der Waals surface area contributed by atoms with E-state index in [2.05, 4.69) is 16.5 Å². The average Bonchev–Trinajstić information content (AvgIpc) is 2.90. The summed E-state index contributed by atoms with van der Waals surface area (Å²) in [5.41, 5.74) is -0.0671. The van der Waals surface area contributed by atoms with E-state index in [0.29, 0.717) is 0 Å². The molecule has 0 radical (unpaired) electrons. The molecule has 0 bridgehead atoms. The molecular formula is C14H18N2O3. The van der Waals surface area contributed by atoms with Crippen LogP contribution in [0.4, 0.5) is 0 Å². The van der Waals surface area contributed by atoms with Crippen LogP contribution in [0.25, 0.3) is 0 Å². The Labute approximate surface area is 112 Å². The summed E-state index contributed by atoms with van der Waals surface area (Å²) in [6, 6.07) is 5.81. The van der Waals surface area contributed by atoms with Gasteiger partial charge in [0.05, 0.1) is 6.33 Å². The zero-order chi connectivity index (χ0) is 14.1. The van der Waals surface area contributed by atoms with Crippen LogP contribution in [0.5, 0.6) is 5.75 Å². The first kappa shape index (κ1) is 14.8. The van der Waals surface area contributed by atoms with Crippen molar-refractivity contribution in [1.82, 2.24) is 9.55 Å². The molecule has 1 aromatic heterocycles. The van der Waals surface area contributed by atoms with Crippen molar-refractivity contribution in [3.8, 4) is 5.75 Å². The molecule has 0 aliphatic carbocycles. The number of benzene rings is 1. The zero-order valence-electron chi connectivity index (χ0n) is 10.9. The van der Waals surface area contributed by atoms with Gasteiger partial charge in [-0.25, -0.2) is 9.78 Å². The molecule has 1 aromatic carbocycles. The lowest BCUT2D eigenvalue weighted by Crippen LogP contribution is -1.95. The van der Waals surface area contributed by atoms with Crippen LogP contribution in [-0.4, -0.2) is 25.7 Å². The molecule has 5 nitrogen and oxygen atoms in total. The normalized spacial score (nSPS) is 9.53. The Morgan fingerprint density at radius 1 is 1.37 bits per heavy atom. The van der Waals surface area contributed by atoms with E-state index in [-0.39, 0.29) is 11.3 Å². The first-order chi connectivity index (χ1) is 9.15. The lowest BCUT2D eigenvalue weighted by atomic mass is 10.2. The third kappa shape index (κ3) is 5.25. The third-order valence-corrected chi connectivity index (χ3v) is 2.46. The summed E-state index contributed by atoms with van der Waals surface area (Å²) < 4.78 is 2.10. The average molecular weight is 262 g/mol. The van der Waals surface area contributed by atoms with E-state index < -0.39 is 5.97 Å². The van der Waals surface area contributed by atoms with Gasteiger partial charge in [0, 0.05) is 18.9 Å². The Hall–Kier alpha value is -2.30. The molecule has 0 spiro atoms. The molecule has 0 saturated carbocycles. The van der Waals surface area contributed by atoms with E-state index in [1.54, 1.807) is 12.1 Å². The second-order valence-electron chi connectivity index (χ2n) is 3.98. The fraction of sp³-hybridized carbons (Fsp3) is 0.286. The minimum absolute atomic E-state index is 0.0671. The van der Waals surface area contributed by atoms with E-state index in [0.717, 1.165) is 6.54 Å². The van der Waals surface area contributed by atoms with Gasteiger partial charge in [0.2, 0.25) is 0 Å². The fourth-order valence-corrected chi connectivity index (χ4v) is 1.41. The molecule has 0 aliphatic rings. The second-order valence-corrected chi connectivity index (χ2v) is 3.98. The van der Waals surface area contributed by atoms with Crippen molar-refractivity contribution >= 4 is 5.97 Å². The quantitative estimate of drug-likeness (QED) is 0.888. The number of rotatable bonds is 4. The Balaban J connectivity index is 0.000000191. The Morgan fingerprint density at radius 2 is 2.11 bits per heavy atom. The number of aromatic nitrogens is 2. The lowest BCUT2D eigenvalue weighted by molar-refractivity contribution is 0.0694. The van der Waals surface area contributed by atoms with E-state index in [4.69, 9.17) is 10.2 Å². The molecule has 19 heavy (non-hydrogen) atoms. The predicted molar refractivity (Wildman–Crippen MR) is 72.2 cm³/mol. The highest BCUT2D eigenvalue weighted by molar-refractivity contribution is 5.90. The number of hydrogen-bond acceptors (Lipinski definition) is 3. The molecule has 0 fully saturated rings. The largest absolute Gasteiger partial charge is 0.507 e. The fourth-order valence-electron chi connectivity index (χ4n) is 1.41. The number of nitrogens with zero attached hydrogens (tertiary/aromatic N) is 2. The van der Waals surface area contributed by atoms with Crippen LogP contribution in [0.15, 0.2) is 43.0 Å². The number of aromatic carboxylic acids is 1. The summed E-state index contributed by atoms with van der Waals surface area (Å²) in [4.78, 5) is 14.2. The summed E-state index contributed by atoms with van der Waals surface area (Å²) in [5.74, 6) is -1.31. The molecule has 2 aromatic rings. The topological polar surface area (TPSA) is 75.4 Å². The number of phenols is 1. The van der Waals surface area contributed by atoms with Gasteiger partial charge in [0.15, 0.2) is 0 Å². The first-order valence-electron chi connectivity index (χ1n) is 6.12. The highest BCUT2D eigenvalue weighted by atomic mass is 16.4. The van der Waals surface area contributed by atoms with Crippen molar-refractivity contribution < 1.29 is 15.0 Å². The van der Waals surface area contributed by atoms with E-state index in [1.165, 1.54) is 25.0 Å². The van der Waals surface area contributed by atoms with Gasteiger partial charge in [-0.2, -0.15) is 0 Å². The summed E-state index contributed by atoms with van der Waals surface area (Å²) in [6.45, 7) is 3.30. The van der Waals surface area contributed by atoms with Crippen molar-refractivity contribution in [3.63, 3.8) is 0 Å². The summed E-state index contributed by atoms with van der Waals surface area (Å²) >= 11 is 0. The van der Waals surface area contributed by atoms with Gasteiger partial charge in [0.25, 0.3) is 0 Å². The summed E-state index contributed by atoms with van der Waals surface area (Å²) in [7, 11) is 0. The first-order valence-corrected chi connectivity index (χ1v) is 6.12. The van der Waals surface area contributed by atoms with Gasteiger partial charge >= 0.3 is 5.97 Å². The monoisotopic (exact) mass is 262 g/mol. The molecular weight excluding hydrogens is 244 g/mol. The Morgan fingerprint density at radius 3 is 2.58 bits per heavy atom. The standard InChI is InChI=1S/C7H12N2.C7H6O3/c1-2-3-5-9-6-4-8-7-9;8-6-4-2-1-3-5(6)7(9)10/h4,6-7H,2-3,5H2,1H3;1-4,8H,(H,9,10). The molecule has 0 saturated heterocycles. The molecule has 2 rings (SSSR count). The molecule has 5 heteroatoms. The zero-order valence-corrected chi connectivity index (χ0v) is 10.9. The van der Waals surface area contributed by atoms with Crippen molar-refractivity contribution in [2.75, 3.05) is 0 Å². The van der Waals surface area contributed by atoms with Crippen molar-refractivity contribution in [3.05, 3.63) is 48.5 Å². The second kappa shape index (κ2) is 7.92. The minimum Gasteiger partial charge on any atom is -0.507 e. The highest BCUT2D eigenvalue weighted by Gasteiger charge is 2.05. The number of carboxylic acids is 1. The summed E-state index contributed by atoms with van der Waals surface area (Å²) in [6.07, 6.45) is 8.16. The number of carboxylic acid groups (broad SMARTS) is 1. The number of imidazole rings is 1. The number of unbranched alkanes of at least 4 members (excludes halogenated alkanes) is 1. The molecule has 0 amide bonds. The van der Waals surface area contributed by atoms with Crippen molar-refractivity contribution in [2.24, 2.45) is 0 Å². The number of aryl methyl sites for hydroxylation is 1. The SMILES string of the molecule is CCCCn1ccnc1.O=C(O)c1ccccc1O. The maximum absolute atomic E-state index is 10.3. The van der Waals surface area contributed by atoms with Crippen LogP contribution in [0.2, 0.25) is 0 Å². The van der Waals surface area contributed by atoms with Crippen LogP contribution in [0.1, 0.15) is 30.1 Å². The van der Waals surface area contributed by atoms with E-state index >= 15 is 0 Å². The maximum atomic E-state index is 10.3. The highest BCUT2D eigenvalue weighted by Crippen LogP contribution is 2.14. The van der Waals surface area contributed by atoms with Gasteiger partial charge in [-0.05, 0) is 18.6 Å². The molecule has 0 aliphatic heterocycles. The summed E-state index contributed by atoms with van der Waals surface area (Å²) in [5, 5.41) is 17.3. The predicted octanol–water partition coefficient (Wildman–Crippen LogP) is 2.77.